The minimum Gasteiger partial charge on any atom is -0.314 e. The first-order valence-electron chi connectivity index (χ1n) is 6.89. The highest BCUT2D eigenvalue weighted by atomic mass is 14.9. The summed E-state index contributed by atoms with van der Waals surface area (Å²) < 4.78 is 0. The van der Waals surface area contributed by atoms with Crippen LogP contribution in [0.15, 0.2) is 0 Å². The maximum atomic E-state index is 3.70. The highest BCUT2D eigenvalue weighted by molar-refractivity contribution is 5.02. The molecule has 1 heteroatoms. The Hall–Kier alpha value is -0.0400. The van der Waals surface area contributed by atoms with E-state index in [-0.39, 0.29) is 0 Å². The average molecular weight is 207 g/mol. The van der Waals surface area contributed by atoms with Crippen LogP contribution in [0, 0.1) is 23.2 Å². The molecule has 15 heavy (non-hydrogen) atoms. The van der Waals surface area contributed by atoms with Crippen LogP contribution in [0.25, 0.3) is 0 Å². The largest absolute Gasteiger partial charge is 0.314 e. The Morgan fingerprint density at radius 1 is 1.00 bits per heavy atom. The molecule has 1 N–H and O–H groups in total. The minimum atomic E-state index is 0.665. The van der Waals surface area contributed by atoms with E-state index in [2.05, 4.69) is 19.2 Å². The molecule has 0 aromatic heterocycles. The predicted octanol–water partition coefficient (Wildman–Crippen LogP) is 3.20. The second kappa shape index (κ2) is 3.48. The van der Waals surface area contributed by atoms with Crippen LogP contribution in [0.4, 0.5) is 0 Å². The number of nitrogens with one attached hydrogen (secondary N) is 1. The molecular weight excluding hydrogens is 182 g/mol. The molecule has 86 valence electrons. The van der Waals surface area contributed by atoms with Gasteiger partial charge in [-0.15, -0.1) is 0 Å². The van der Waals surface area contributed by atoms with E-state index in [0.717, 1.165) is 23.2 Å². The van der Waals surface area contributed by atoms with Gasteiger partial charge in [-0.2, -0.15) is 0 Å². The Bertz CT molecular complexity index is 208. The van der Waals surface area contributed by atoms with Gasteiger partial charge in [0.05, 0.1) is 0 Å². The molecule has 4 bridgehead atoms. The summed E-state index contributed by atoms with van der Waals surface area (Å²) in [7, 11) is 0. The van der Waals surface area contributed by atoms with Crippen molar-refractivity contribution in [3.05, 3.63) is 0 Å². The van der Waals surface area contributed by atoms with E-state index in [0.29, 0.717) is 6.04 Å². The third-order valence-corrected chi connectivity index (χ3v) is 5.05. The van der Waals surface area contributed by atoms with Gasteiger partial charge in [-0.3, -0.25) is 0 Å². The molecule has 0 radical (unpaired) electrons. The van der Waals surface area contributed by atoms with Gasteiger partial charge in [0.1, 0.15) is 0 Å². The molecule has 4 aliphatic carbocycles. The van der Waals surface area contributed by atoms with Crippen LogP contribution < -0.4 is 5.32 Å². The Kier molecular flexibility index (Phi) is 2.35. The number of rotatable bonds is 3. The molecule has 4 saturated carbocycles. The maximum Gasteiger partial charge on any atom is 0.00106 e. The number of hydrogen-bond donors (Lipinski definition) is 1. The summed E-state index contributed by atoms with van der Waals surface area (Å²) in [5.41, 5.74) is 0.721. The van der Waals surface area contributed by atoms with E-state index in [9.17, 15) is 0 Å². The molecule has 0 aromatic carbocycles. The topological polar surface area (TPSA) is 12.0 Å². The molecule has 0 heterocycles. The SMILES string of the molecule is CC(C)NCC12CC3CC(CC(C3)C1)C2. The zero-order valence-corrected chi connectivity index (χ0v) is 10.3. The van der Waals surface area contributed by atoms with Crippen molar-refractivity contribution in [1.29, 1.82) is 0 Å². The van der Waals surface area contributed by atoms with Crippen LogP contribution in [-0.2, 0) is 0 Å². The predicted molar refractivity (Wildman–Crippen MR) is 63.7 cm³/mol. The van der Waals surface area contributed by atoms with E-state index >= 15 is 0 Å². The Labute approximate surface area is 94.0 Å². The summed E-state index contributed by atoms with van der Waals surface area (Å²) in [5, 5.41) is 3.70. The van der Waals surface area contributed by atoms with E-state index in [1.54, 1.807) is 38.5 Å². The van der Waals surface area contributed by atoms with Crippen molar-refractivity contribution in [3.8, 4) is 0 Å². The summed E-state index contributed by atoms with van der Waals surface area (Å²) >= 11 is 0. The van der Waals surface area contributed by atoms with Gasteiger partial charge in [0, 0.05) is 12.6 Å². The molecule has 4 rings (SSSR count). The Morgan fingerprint density at radius 3 is 1.87 bits per heavy atom. The average Bonchev–Trinajstić information content (AvgIpc) is 2.12. The van der Waals surface area contributed by atoms with Gasteiger partial charge in [0.25, 0.3) is 0 Å². The quantitative estimate of drug-likeness (QED) is 0.749. The molecule has 4 fully saturated rings. The van der Waals surface area contributed by atoms with E-state index in [1.165, 1.54) is 6.54 Å². The first-order valence-corrected chi connectivity index (χ1v) is 6.89. The van der Waals surface area contributed by atoms with Crippen molar-refractivity contribution < 1.29 is 0 Å². The molecule has 0 spiro atoms. The van der Waals surface area contributed by atoms with Crippen molar-refractivity contribution >= 4 is 0 Å². The highest BCUT2D eigenvalue weighted by Gasteiger charge is 2.50. The first kappa shape index (κ1) is 10.1. The fourth-order valence-corrected chi connectivity index (χ4v) is 4.93. The normalized spacial score (nSPS) is 47.8. The molecule has 0 saturated heterocycles. The number of hydrogen-bond acceptors (Lipinski definition) is 1. The van der Waals surface area contributed by atoms with E-state index in [4.69, 9.17) is 0 Å². The second-order valence-corrected chi connectivity index (χ2v) is 6.95. The van der Waals surface area contributed by atoms with Crippen molar-refractivity contribution in [2.75, 3.05) is 6.54 Å². The van der Waals surface area contributed by atoms with Gasteiger partial charge in [-0.25, -0.2) is 0 Å². The van der Waals surface area contributed by atoms with Crippen molar-refractivity contribution in [2.24, 2.45) is 23.2 Å². The fourth-order valence-electron chi connectivity index (χ4n) is 4.93. The van der Waals surface area contributed by atoms with Crippen LogP contribution in [0.3, 0.4) is 0 Å². The van der Waals surface area contributed by atoms with Crippen molar-refractivity contribution in [1.82, 2.24) is 5.32 Å². The highest BCUT2D eigenvalue weighted by Crippen LogP contribution is 2.59. The zero-order valence-electron chi connectivity index (χ0n) is 10.3. The van der Waals surface area contributed by atoms with Crippen LogP contribution in [0.1, 0.15) is 52.4 Å². The summed E-state index contributed by atoms with van der Waals surface area (Å²) in [6, 6.07) is 0.665. The molecule has 0 aliphatic heterocycles. The minimum absolute atomic E-state index is 0.665. The van der Waals surface area contributed by atoms with Gasteiger partial charge in [0.15, 0.2) is 0 Å². The summed E-state index contributed by atoms with van der Waals surface area (Å²) in [4.78, 5) is 0. The lowest BCUT2D eigenvalue weighted by Crippen LogP contribution is -2.51. The van der Waals surface area contributed by atoms with Crippen LogP contribution >= 0.6 is 0 Å². The van der Waals surface area contributed by atoms with Gasteiger partial charge < -0.3 is 5.32 Å². The van der Waals surface area contributed by atoms with Gasteiger partial charge in [-0.05, 0) is 61.7 Å². The monoisotopic (exact) mass is 207 g/mol. The van der Waals surface area contributed by atoms with Crippen LogP contribution in [-0.4, -0.2) is 12.6 Å². The van der Waals surface area contributed by atoms with E-state index in [1.807, 2.05) is 0 Å². The van der Waals surface area contributed by atoms with E-state index < -0.39 is 0 Å². The Balaban J connectivity index is 1.70. The Morgan fingerprint density at radius 2 is 1.47 bits per heavy atom. The summed E-state index contributed by atoms with van der Waals surface area (Å²) in [6.45, 7) is 5.86. The first-order chi connectivity index (χ1) is 7.15. The zero-order chi connectivity index (χ0) is 10.5. The smallest absolute Gasteiger partial charge is 0.00106 e. The standard InChI is InChI=1S/C14H25N/c1-10(2)15-9-14-6-11-3-12(7-14)5-13(4-11)8-14/h10-13,15H,3-9H2,1-2H3. The maximum absolute atomic E-state index is 3.70. The van der Waals surface area contributed by atoms with Gasteiger partial charge in [-0.1, -0.05) is 13.8 Å². The summed E-state index contributed by atoms with van der Waals surface area (Å²) in [6.07, 6.45) is 9.33. The van der Waals surface area contributed by atoms with Crippen molar-refractivity contribution in [3.63, 3.8) is 0 Å². The molecule has 1 nitrogen and oxygen atoms in total. The molecule has 4 aliphatic rings. The van der Waals surface area contributed by atoms with Gasteiger partial charge >= 0.3 is 0 Å². The lowest BCUT2D eigenvalue weighted by atomic mass is 9.49. The second-order valence-electron chi connectivity index (χ2n) is 6.95. The molecule has 0 amide bonds. The van der Waals surface area contributed by atoms with Crippen LogP contribution in [0.5, 0.6) is 0 Å². The van der Waals surface area contributed by atoms with Crippen molar-refractivity contribution in [2.45, 2.75) is 58.4 Å². The third-order valence-electron chi connectivity index (χ3n) is 5.05. The molecule has 0 unspecified atom stereocenters. The summed E-state index contributed by atoms with van der Waals surface area (Å²) in [5.74, 6) is 3.31. The lowest BCUT2D eigenvalue weighted by Gasteiger charge is -2.57. The van der Waals surface area contributed by atoms with Crippen LogP contribution in [0.2, 0.25) is 0 Å². The fraction of sp³-hybridized carbons (Fsp3) is 1.00. The third kappa shape index (κ3) is 1.84. The molecular formula is C14H25N. The van der Waals surface area contributed by atoms with Gasteiger partial charge in [0.2, 0.25) is 0 Å². The molecule has 0 atom stereocenters. The molecule has 0 aromatic rings. The lowest BCUT2D eigenvalue weighted by molar-refractivity contribution is -0.0520.